The lowest BCUT2D eigenvalue weighted by molar-refractivity contribution is -0.137. The molecule has 2 rings (SSSR count). The lowest BCUT2D eigenvalue weighted by Crippen LogP contribution is -2.53. The summed E-state index contributed by atoms with van der Waals surface area (Å²) in [7, 11) is 0. The number of hydrogen-bond acceptors (Lipinski definition) is 3. The molecule has 2 heterocycles. The van der Waals surface area contributed by atoms with Gasteiger partial charge in [-0.25, -0.2) is 0 Å². The van der Waals surface area contributed by atoms with Gasteiger partial charge in [0.15, 0.2) is 0 Å². The molecule has 0 aromatic rings. The first-order chi connectivity index (χ1) is 7.22. The molecule has 0 aromatic carbocycles. The second kappa shape index (κ2) is 4.49. The summed E-state index contributed by atoms with van der Waals surface area (Å²) in [4.78, 5) is 14.2. The Hall–Kier alpha value is -0.610. The van der Waals surface area contributed by atoms with E-state index in [2.05, 4.69) is 5.32 Å². The molecule has 1 N–H and O–H groups in total. The van der Waals surface area contributed by atoms with Crippen LogP contribution in [-0.2, 0) is 9.53 Å². The predicted molar refractivity (Wildman–Crippen MR) is 57.7 cm³/mol. The van der Waals surface area contributed by atoms with Crippen molar-refractivity contribution in [1.82, 2.24) is 10.2 Å². The monoisotopic (exact) mass is 212 g/mol. The summed E-state index contributed by atoms with van der Waals surface area (Å²) in [5.74, 6) is 0.255. The van der Waals surface area contributed by atoms with E-state index in [1.165, 1.54) is 0 Å². The molecule has 2 fully saturated rings. The molecular weight excluding hydrogens is 192 g/mol. The maximum Gasteiger partial charge on any atom is 0.242 e. The molecule has 0 radical (unpaired) electrons. The summed E-state index contributed by atoms with van der Waals surface area (Å²) in [5.41, 5.74) is -0.315. The summed E-state index contributed by atoms with van der Waals surface area (Å²) in [6.45, 7) is 6.04. The fourth-order valence-corrected chi connectivity index (χ4v) is 2.38. The first-order valence-electron chi connectivity index (χ1n) is 5.84. The van der Waals surface area contributed by atoms with E-state index in [-0.39, 0.29) is 11.4 Å². The summed E-state index contributed by atoms with van der Waals surface area (Å²) < 4.78 is 5.36. The van der Waals surface area contributed by atoms with Crippen LogP contribution in [0.2, 0.25) is 0 Å². The van der Waals surface area contributed by atoms with Gasteiger partial charge in [-0.05, 0) is 32.7 Å². The van der Waals surface area contributed by atoms with Crippen molar-refractivity contribution in [1.29, 1.82) is 0 Å². The van der Waals surface area contributed by atoms with E-state index >= 15 is 0 Å². The molecule has 4 nitrogen and oxygen atoms in total. The van der Waals surface area contributed by atoms with Crippen molar-refractivity contribution < 1.29 is 9.53 Å². The Bertz CT molecular complexity index is 229. The molecule has 0 bridgehead atoms. The number of hydrogen-bond donors (Lipinski definition) is 1. The van der Waals surface area contributed by atoms with Crippen molar-refractivity contribution in [3.8, 4) is 0 Å². The van der Waals surface area contributed by atoms with Crippen molar-refractivity contribution >= 4 is 5.91 Å². The fourth-order valence-electron chi connectivity index (χ4n) is 2.38. The third kappa shape index (κ3) is 2.32. The smallest absolute Gasteiger partial charge is 0.242 e. The van der Waals surface area contributed by atoms with E-state index in [0.717, 1.165) is 45.5 Å². The minimum Gasteiger partial charge on any atom is -0.380 e. The van der Waals surface area contributed by atoms with Crippen molar-refractivity contribution in [3.05, 3.63) is 0 Å². The summed E-state index contributed by atoms with van der Waals surface area (Å²) in [6, 6.07) is 0. The molecule has 1 unspecified atom stereocenters. The van der Waals surface area contributed by atoms with Crippen LogP contribution in [0.3, 0.4) is 0 Å². The van der Waals surface area contributed by atoms with Crippen molar-refractivity contribution in [2.75, 3.05) is 32.8 Å². The molecular formula is C11H20N2O2. The Morgan fingerprint density at radius 2 is 2.20 bits per heavy atom. The van der Waals surface area contributed by atoms with Crippen molar-refractivity contribution in [3.63, 3.8) is 0 Å². The number of rotatable bonds is 1. The number of ether oxygens (including phenoxy) is 1. The molecule has 0 spiro atoms. The van der Waals surface area contributed by atoms with Crippen LogP contribution < -0.4 is 5.32 Å². The molecule has 0 aliphatic carbocycles. The van der Waals surface area contributed by atoms with Gasteiger partial charge in [0.05, 0.1) is 12.1 Å². The van der Waals surface area contributed by atoms with Gasteiger partial charge in [-0.15, -0.1) is 0 Å². The Labute approximate surface area is 91.0 Å². The average Bonchev–Trinajstić information content (AvgIpc) is 2.54. The third-order valence-corrected chi connectivity index (χ3v) is 3.35. The summed E-state index contributed by atoms with van der Waals surface area (Å²) in [5, 5.41) is 3.32. The third-order valence-electron chi connectivity index (χ3n) is 3.35. The van der Waals surface area contributed by atoms with Crippen LogP contribution in [0.25, 0.3) is 0 Å². The van der Waals surface area contributed by atoms with Crippen LogP contribution in [0.5, 0.6) is 0 Å². The Balaban J connectivity index is 1.98. The van der Waals surface area contributed by atoms with Crippen LogP contribution >= 0.6 is 0 Å². The largest absolute Gasteiger partial charge is 0.380 e. The molecule has 0 saturated carbocycles. The van der Waals surface area contributed by atoms with Crippen LogP contribution in [0.15, 0.2) is 0 Å². The highest BCUT2D eigenvalue weighted by Gasteiger charge is 2.38. The number of amides is 1. The van der Waals surface area contributed by atoms with Gasteiger partial charge in [0.1, 0.15) is 0 Å². The number of carbonyl (C=O) groups is 1. The van der Waals surface area contributed by atoms with Gasteiger partial charge in [0, 0.05) is 19.7 Å². The van der Waals surface area contributed by atoms with Gasteiger partial charge in [-0.1, -0.05) is 0 Å². The molecule has 2 aliphatic rings. The summed E-state index contributed by atoms with van der Waals surface area (Å²) >= 11 is 0. The first-order valence-corrected chi connectivity index (χ1v) is 5.84. The molecule has 1 atom stereocenters. The Morgan fingerprint density at radius 1 is 1.33 bits per heavy atom. The Morgan fingerprint density at radius 3 is 2.93 bits per heavy atom. The van der Waals surface area contributed by atoms with Crippen molar-refractivity contribution in [2.45, 2.75) is 31.7 Å². The maximum absolute atomic E-state index is 12.3. The zero-order chi connectivity index (χ0) is 10.7. The van der Waals surface area contributed by atoms with Gasteiger partial charge in [0.2, 0.25) is 5.91 Å². The van der Waals surface area contributed by atoms with Gasteiger partial charge < -0.3 is 15.0 Å². The molecule has 2 aliphatic heterocycles. The minimum absolute atomic E-state index is 0.255. The maximum atomic E-state index is 12.3. The molecule has 1 amide bonds. The normalized spacial score (nSPS) is 32.7. The highest BCUT2D eigenvalue weighted by atomic mass is 16.5. The van der Waals surface area contributed by atoms with Gasteiger partial charge in [-0.2, -0.15) is 0 Å². The molecule has 0 aromatic heterocycles. The zero-order valence-electron chi connectivity index (χ0n) is 9.42. The first kappa shape index (κ1) is 10.9. The topological polar surface area (TPSA) is 41.6 Å². The SMILES string of the molecule is CC1(C(=O)N2CCCOCC2)CCCN1. The van der Waals surface area contributed by atoms with E-state index in [0.29, 0.717) is 6.61 Å². The van der Waals surface area contributed by atoms with E-state index in [1.807, 2.05) is 11.8 Å². The lowest BCUT2D eigenvalue weighted by atomic mass is 9.98. The van der Waals surface area contributed by atoms with Crippen LogP contribution in [-0.4, -0.2) is 49.2 Å². The lowest BCUT2D eigenvalue weighted by Gasteiger charge is -2.30. The predicted octanol–water partition coefficient (Wildman–Crippen LogP) is 0.377. The van der Waals surface area contributed by atoms with E-state index in [4.69, 9.17) is 4.74 Å². The van der Waals surface area contributed by atoms with Gasteiger partial charge in [0.25, 0.3) is 0 Å². The van der Waals surface area contributed by atoms with Crippen molar-refractivity contribution in [2.24, 2.45) is 0 Å². The van der Waals surface area contributed by atoms with Gasteiger partial charge >= 0.3 is 0 Å². The number of nitrogens with zero attached hydrogens (tertiary/aromatic N) is 1. The second-order valence-corrected chi connectivity index (χ2v) is 4.62. The molecule has 4 heteroatoms. The van der Waals surface area contributed by atoms with Crippen LogP contribution in [0.1, 0.15) is 26.2 Å². The molecule has 15 heavy (non-hydrogen) atoms. The minimum atomic E-state index is -0.315. The standard InChI is InChI=1S/C11H20N2O2/c1-11(4-2-5-12-11)10(14)13-6-3-8-15-9-7-13/h12H,2-9H2,1H3. The van der Waals surface area contributed by atoms with E-state index in [1.54, 1.807) is 0 Å². The highest BCUT2D eigenvalue weighted by Crippen LogP contribution is 2.21. The average molecular weight is 212 g/mol. The van der Waals surface area contributed by atoms with E-state index in [9.17, 15) is 4.79 Å². The second-order valence-electron chi connectivity index (χ2n) is 4.62. The quantitative estimate of drug-likeness (QED) is 0.683. The number of carbonyl (C=O) groups excluding carboxylic acids is 1. The van der Waals surface area contributed by atoms with Gasteiger partial charge in [-0.3, -0.25) is 4.79 Å². The van der Waals surface area contributed by atoms with E-state index < -0.39 is 0 Å². The Kier molecular flexibility index (Phi) is 3.26. The van der Waals surface area contributed by atoms with Crippen LogP contribution in [0, 0.1) is 0 Å². The van der Waals surface area contributed by atoms with Crippen LogP contribution in [0.4, 0.5) is 0 Å². The molecule has 2 saturated heterocycles. The zero-order valence-corrected chi connectivity index (χ0v) is 9.42. The summed E-state index contributed by atoms with van der Waals surface area (Å²) in [6.07, 6.45) is 3.03. The fraction of sp³-hybridized carbons (Fsp3) is 0.909. The number of nitrogens with one attached hydrogen (secondary N) is 1. The molecule has 86 valence electrons. The highest BCUT2D eigenvalue weighted by molar-refractivity contribution is 5.86.